The lowest BCUT2D eigenvalue weighted by Crippen LogP contribution is -2.34. The summed E-state index contributed by atoms with van der Waals surface area (Å²) in [6.07, 6.45) is 7.70. The molecule has 0 bridgehead atoms. The maximum Gasteiger partial charge on any atom is 0.167 e. The Morgan fingerprint density at radius 3 is 2.67 bits per heavy atom. The first kappa shape index (κ1) is 14.0. The van der Waals surface area contributed by atoms with E-state index < -0.39 is 5.82 Å². The molecule has 21 heavy (non-hydrogen) atoms. The van der Waals surface area contributed by atoms with E-state index in [2.05, 4.69) is 21.9 Å². The van der Waals surface area contributed by atoms with Crippen LogP contribution in [0.25, 0.3) is 10.9 Å². The van der Waals surface area contributed by atoms with Gasteiger partial charge in [-0.3, -0.25) is 0 Å². The molecule has 1 aliphatic rings. The molecule has 0 N–H and O–H groups in total. The van der Waals surface area contributed by atoms with Crippen molar-refractivity contribution in [2.24, 2.45) is 0 Å². The molecular weight excluding hydrogens is 269 g/mol. The zero-order chi connectivity index (χ0) is 14.8. The number of aromatic nitrogens is 2. The number of rotatable bonds is 3. The molecule has 0 saturated heterocycles. The minimum Gasteiger partial charge on any atom is -0.494 e. The molecule has 1 fully saturated rings. The van der Waals surface area contributed by atoms with Gasteiger partial charge < -0.3 is 9.64 Å². The van der Waals surface area contributed by atoms with Crippen LogP contribution in [-0.2, 0) is 0 Å². The van der Waals surface area contributed by atoms with Crippen LogP contribution < -0.4 is 9.64 Å². The SMILES string of the molecule is COc1cc2c(N(C)C3CCCCC3)ncnc2cc1F. The van der Waals surface area contributed by atoms with Crippen LogP contribution in [0, 0.1) is 5.82 Å². The van der Waals surface area contributed by atoms with Gasteiger partial charge in [-0.2, -0.15) is 0 Å². The highest BCUT2D eigenvalue weighted by Gasteiger charge is 2.21. The third kappa shape index (κ3) is 2.64. The number of fused-ring (bicyclic) bond motifs is 1. The van der Waals surface area contributed by atoms with E-state index in [1.165, 1.54) is 51.6 Å². The third-order valence-electron chi connectivity index (χ3n) is 4.34. The lowest BCUT2D eigenvalue weighted by Gasteiger charge is -2.32. The Morgan fingerprint density at radius 1 is 1.19 bits per heavy atom. The van der Waals surface area contributed by atoms with E-state index in [1.54, 1.807) is 6.07 Å². The molecule has 0 unspecified atom stereocenters. The van der Waals surface area contributed by atoms with Gasteiger partial charge in [-0.15, -0.1) is 0 Å². The summed E-state index contributed by atoms with van der Waals surface area (Å²) in [5.41, 5.74) is 0.612. The maximum atomic E-state index is 13.8. The van der Waals surface area contributed by atoms with Gasteiger partial charge in [0.25, 0.3) is 0 Å². The maximum absolute atomic E-state index is 13.8. The zero-order valence-electron chi connectivity index (χ0n) is 12.5. The van der Waals surface area contributed by atoms with Gasteiger partial charge in [-0.05, 0) is 18.9 Å². The fourth-order valence-corrected chi connectivity index (χ4v) is 3.12. The number of ether oxygens (including phenoxy) is 1. The Bertz CT molecular complexity index is 641. The van der Waals surface area contributed by atoms with Crippen LogP contribution in [0.15, 0.2) is 18.5 Å². The first-order valence-corrected chi connectivity index (χ1v) is 7.42. The summed E-state index contributed by atoms with van der Waals surface area (Å²) >= 11 is 0. The number of hydrogen-bond acceptors (Lipinski definition) is 4. The predicted octanol–water partition coefficient (Wildman–Crippen LogP) is 3.55. The average Bonchev–Trinajstić information content (AvgIpc) is 2.53. The topological polar surface area (TPSA) is 38.2 Å². The summed E-state index contributed by atoms with van der Waals surface area (Å²) in [5, 5.41) is 0.837. The summed E-state index contributed by atoms with van der Waals surface area (Å²) in [7, 11) is 3.53. The Hall–Kier alpha value is -1.91. The molecule has 2 aromatic rings. The molecular formula is C16H20FN3O. The van der Waals surface area contributed by atoms with Crippen molar-refractivity contribution in [3.8, 4) is 5.75 Å². The molecule has 3 rings (SSSR count). The van der Waals surface area contributed by atoms with Crippen LogP contribution in [0.5, 0.6) is 5.75 Å². The van der Waals surface area contributed by atoms with Crippen LogP contribution in [0.1, 0.15) is 32.1 Å². The van der Waals surface area contributed by atoms with Crippen LogP contribution in [0.2, 0.25) is 0 Å². The van der Waals surface area contributed by atoms with Crippen molar-refractivity contribution in [3.63, 3.8) is 0 Å². The first-order valence-electron chi connectivity index (χ1n) is 7.42. The van der Waals surface area contributed by atoms with Crippen molar-refractivity contribution in [3.05, 3.63) is 24.3 Å². The molecule has 1 aromatic heterocycles. The summed E-state index contributed by atoms with van der Waals surface area (Å²) < 4.78 is 18.9. The van der Waals surface area contributed by atoms with Crippen molar-refractivity contribution in [1.82, 2.24) is 9.97 Å². The molecule has 0 radical (unpaired) electrons. The summed E-state index contributed by atoms with van der Waals surface area (Å²) in [6, 6.07) is 3.60. The van der Waals surface area contributed by atoms with Gasteiger partial charge in [0.2, 0.25) is 0 Å². The van der Waals surface area contributed by atoms with E-state index in [-0.39, 0.29) is 5.75 Å². The second-order valence-electron chi connectivity index (χ2n) is 5.60. The molecule has 0 amide bonds. The minimum absolute atomic E-state index is 0.232. The van der Waals surface area contributed by atoms with Crippen molar-refractivity contribution >= 4 is 16.7 Å². The van der Waals surface area contributed by atoms with Gasteiger partial charge in [0.15, 0.2) is 11.6 Å². The van der Waals surface area contributed by atoms with E-state index in [1.807, 2.05) is 0 Å². The minimum atomic E-state index is -0.394. The summed E-state index contributed by atoms with van der Waals surface area (Å²) in [5.74, 6) is 0.691. The predicted molar refractivity (Wildman–Crippen MR) is 81.3 cm³/mol. The summed E-state index contributed by atoms with van der Waals surface area (Å²) in [4.78, 5) is 10.8. The number of halogens is 1. The average molecular weight is 289 g/mol. The Labute approximate surface area is 124 Å². The van der Waals surface area contributed by atoms with E-state index in [0.29, 0.717) is 11.6 Å². The molecule has 1 heterocycles. The smallest absolute Gasteiger partial charge is 0.167 e. The van der Waals surface area contributed by atoms with Crippen LogP contribution in [0.3, 0.4) is 0 Å². The van der Waals surface area contributed by atoms with Crippen molar-refractivity contribution in [1.29, 1.82) is 0 Å². The fraction of sp³-hybridized carbons (Fsp3) is 0.500. The second kappa shape index (κ2) is 5.84. The second-order valence-corrected chi connectivity index (χ2v) is 5.60. The largest absolute Gasteiger partial charge is 0.494 e. The lowest BCUT2D eigenvalue weighted by molar-refractivity contribution is 0.387. The van der Waals surface area contributed by atoms with Gasteiger partial charge in [0.05, 0.1) is 12.6 Å². The zero-order valence-corrected chi connectivity index (χ0v) is 12.5. The highest BCUT2D eigenvalue weighted by atomic mass is 19.1. The van der Waals surface area contributed by atoms with Gasteiger partial charge >= 0.3 is 0 Å². The molecule has 0 spiro atoms. The molecule has 5 heteroatoms. The third-order valence-corrected chi connectivity index (χ3v) is 4.34. The van der Waals surface area contributed by atoms with Crippen molar-refractivity contribution in [2.45, 2.75) is 38.1 Å². The lowest BCUT2D eigenvalue weighted by atomic mass is 9.94. The van der Waals surface area contributed by atoms with Crippen molar-refractivity contribution < 1.29 is 9.13 Å². The Kier molecular flexibility index (Phi) is 3.90. The molecule has 1 aromatic carbocycles. The standard InChI is InChI=1S/C16H20FN3O/c1-20(11-6-4-3-5-7-11)16-12-8-15(21-2)13(17)9-14(12)18-10-19-16/h8-11H,3-7H2,1-2H3. The number of hydrogen-bond donors (Lipinski definition) is 0. The number of benzene rings is 1. The molecule has 112 valence electrons. The van der Waals surface area contributed by atoms with Crippen LogP contribution in [-0.4, -0.2) is 30.2 Å². The van der Waals surface area contributed by atoms with Gasteiger partial charge in [-0.1, -0.05) is 19.3 Å². The summed E-state index contributed by atoms with van der Waals surface area (Å²) in [6.45, 7) is 0. The van der Waals surface area contributed by atoms with E-state index in [0.717, 1.165) is 11.2 Å². The van der Waals surface area contributed by atoms with E-state index in [9.17, 15) is 4.39 Å². The normalized spacial score (nSPS) is 16.1. The molecule has 0 atom stereocenters. The Balaban J connectivity index is 2.04. The number of anilines is 1. The monoisotopic (exact) mass is 289 g/mol. The van der Waals surface area contributed by atoms with E-state index in [4.69, 9.17) is 4.74 Å². The van der Waals surface area contributed by atoms with Gasteiger partial charge in [0.1, 0.15) is 12.1 Å². The van der Waals surface area contributed by atoms with Gasteiger partial charge in [0, 0.05) is 24.5 Å². The molecule has 4 nitrogen and oxygen atoms in total. The molecule has 1 saturated carbocycles. The Morgan fingerprint density at radius 2 is 1.95 bits per heavy atom. The van der Waals surface area contributed by atoms with Crippen LogP contribution >= 0.6 is 0 Å². The van der Waals surface area contributed by atoms with E-state index >= 15 is 0 Å². The fourth-order valence-electron chi connectivity index (χ4n) is 3.12. The van der Waals surface area contributed by atoms with Crippen LogP contribution in [0.4, 0.5) is 10.2 Å². The van der Waals surface area contributed by atoms with Crippen molar-refractivity contribution in [2.75, 3.05) is 19.1 Å². The number of nitrogens with zero attached hydrogens (tertiary/aromatic N) is 3. The van der Waals surface area contributed by atoms with Gasteiger partial charge in [-0.25, -0.2) is 14.4 Å². The number of methoxy groups -OCH3 is 1. The molecule has 0 aliphatic heterocycles. The quantitative estimate of drug-likeness (QED) is 0.866. The molecule has 1 aliphatic carbocycles. The highest BCUT2D eigenvalue weighted by molar-refractivity contribution is 5.90. The highest BCUT2D eigenvalue weighted by Crippen LogP contribution is 2.32. The first-order chi connectivity index (χ1) is 10.2.